The van der Waals surface area contributed by atoms with Crippen molar-refractivity contribution in [1.29, 1.82) is 0 Å². The van der Waals surface area contributed by atoms with E-state index in [0.717, 1.165) is 19.3 Å². The van der Waals surface area contributed by atoms with Gasteiger partial charge in [-0.25, -0.2) is 5.01 Å². The van der Waals surface area contributed by atoms with Crippen LogP contribution in [0.5, 0.6) is 0 Å². The van der Waals surface area contributed by atoms with Crippen LogP contribution >= 0.6 is 0 Å². The molecule has 0 aliphatic rings. The highest BCUT2D eigenvalue weighted by atomic mass is 16.4. The number of unbranched alkanes of at least 4 members (excludes halogenated alkanes) is 2. The van der Waals surface area contributed by atoms with Gasteiger partial charge in [-0.05, 0) is 20.3 Å². The summed E-state index contributed by atoms with van der Waals surface area (Å²) >= 11 is 0. The molecule has 5 heteroatoms. The number of aliphatic carboxylic acids is 1. The SMILES string of the molecule is CCCCCC(=O)N(C(C)C(C)C(=O)O)N(C)C. The van der Waals surface area contributed by atoms with E-state index >= 15 is 0 Å². The molecular formula is C13H26N2O3. The summed E-state index contributed by atoms with van der Waals surface area (Å²) in [6, 6.07) is -0.341. The second-order valence-corrected chi connectivity index (χ2v) is 4.91. The lowest BCUT2D eigenvalue weighted by molar-refractivity contribution is -0.157. The van der Waals surface area contributed by atoms with Crippen molar-refractivity contribution in [2.24, 2.45) is 5.92 Å². The molecule has 1 amide bonds. The maximum absolute atomic E-state index is 12.1. The van der Waals surface area contributed by atoms with E-state index in [9.17, 15) is 9.59 Å². The number of amides is 1. The van der Waals surface area contributed by atoms with E-state index in [4.69, 9.17) is 5.11 Å². The zero-order valence-corrected chi connectivity index (χ0v) is 12.1. The summed E-state index contributed by atoms with van der Waals surface area (Å²) in [6.45, 7) is 5.49. The Balaban J connectivity index is 4.64. The van der Waals surface area contributed by atoms with Gasteiger partial charge in [-0.2, -0.15) is 0 Å². The molecule has 18 heavy (non-hydrogen) atoms. The number of rotatable bonds is 8. The molecule has 0 fully saturated rings. The fourth-order valence-electron chi connectivity index (χ4n) is 1.87. The summed E-state index contributed by atoms with van der Waals surface area (Å²) in [7, 11) is 3.53. The van der Waals surface area contributed by atoms with Crippen molar-refractivity contribution in [2.75, 3.05) is 14.1 Å². The third-order valence-electron chi connectivity index (χ3n) is 3.18. The first-order valence-electron chi connectivity index (χ1n) is 6.55. The monoisotopic (exact) mass is 258 g/mol. The van der Waals surface area contributed by atoms with E-state index in [1.54, 1.807) is 38.0 Å². The molecule has 2 atom stereocenters. The van der Waals surface area contributed by atoms with Crippen LogP contribution in [0.25, 0.3) is 0 Å². The summed E-state index contributed by atoms with van der Waals surface area (Å²) in [5, 5.41) is 12.3. The molecule has 0 bridgehead atoms. The molecule has 0 saturated carbocycles. The largest absolute Gasteiger partial charge is 0.481 e. The molecule has 0 aromatic carbocycles. The van der Waals surface area contributed by atoms with Crippen LogP contribution in [0.2, 0.25) is 0 Å². The highest BCUT2D eigenvalue weighted by Crippen LogP contribution is 2.15. The quantitative estimate of drug-likeness (QED) is 0.534. The highest BCUT2D eigenvalue weighted by molar-refractivity contribution is 5.77. The van der Waals surface area contributed by atoms with Gasteiger partial charge in [0.1, 0.15) is 0 Å². The Morgan fingerprint density at radius 2 is 1.72 bits per heavy atom. The standard InChI is InChI=1S/C13H26N2O3/c1-6-7-8-9-12(16)15(14(4)5)11(3)10(2)13(17)18/h10-11H,6-9H2,1-5H3,(H,17,18). The fourth-order valence-corrected chi connectivity index (χ4v) is 1.87. The number of carbonyl (C=O) groups is 2. The molecule has 0 aromatic heterocycles. The number of hydrazine groups is 1. The van der Waals surface area contributed by atoms with Crippen LogP contribution in [0.4, 0.5) is 0 Å². The topological polar surface area (TPSA) is 60.9 Å². The molecule has 0 radical (unpaired) electrons. The highest BCUT2D eigenvalue weighted by Gasteiger charge is 2.29. The number of carboxylic acids is 1. The smallest absolute Gasteiger partial charge is 0.308 e. The van der Waals surface area contributed by atoms with Crippen molar-refractivity contribution in [3.63, 3.8) is 0 Å². The van der Waals surface area contributed by atoms with Gasteiger partial charge in [-0.15, -0.1) is 0 Å². The number of hydrogen-bond acceptors (Lipinski definition) is 3. The van der Waals surface area contributed by atoms with Crippen molar-refractivity contribution in [1.82, 2.24) is 10.0 Å². The molecule has 0 rings (SSSR count). The number of carbonyl (C=O) groups excluding carboxylic acids is 1. The van der Waals surface area contributed by atoms with Crippen molar-refractivity contribution in [2.45, 2.75) is 52.5 Å². The third-order valence-corrected chi connectivity index (χ3v) is 3.18. The summed E-state index contributed by atoms with van der Waals surface area (Å²) in [5.41, 5.74) is 0. The molecule has 0 heterocycles. The van der Waals surface area contributed by atoms with Gasteiger partial charge in [-0.3, -0.25) is 14.6 Å². The molecule has 5 nitrogen and oxygen atoms in total. The molecular weight excluding hydrogens is 232 g/mol. The Kier molecular flexibility index (Phi) is 7.59. The van der Waals surface area contributed by atoms with Gasteiger partial charge < -0.3 is 5.11 Å². The zero-order valence-electron chi connectivity index (χ0n) is 12.1. The van der Waals surface area contributed by atoms with Gasteiger partial charge in [0.05, 0.1) is 12.0 Å². The van der Waals surface area contributed by atoms with Crippen LogP contribution in [0.15, 0.2) is 0 Å². The van der Waals surface area contributed by atoms with Crippen LogP contribution in [0.3, 0.4) is 0 Å². The Morgan fingerprint density at radius 3 is 2.11 bits per heavy atom. The minimum absolute atomic E-state index is 0.00551. The van der Waals surface area contributed by atoms with Crippen LogP contribution in [0.1, 0.15) is 46.5 Å². The van der Waals surface area contributed by atoms with Crippen molar-refractivity contribution < 1.29 is 14.7 Å². The third kappa shape index (κ3) is 5.04. The first-order chi connectivity index (χ1) is 8.32. The maximum atomic E-state index is 12.1. The molecule has 2 unspecified atom stereocenters. The molecule has 0 aromatic rings. The second-order valence-electron chi connectivity index (χ2n) is 4.91. The Hall–Kier alpha value is -1.10. The Morgan fingerprint density at radius 1 is 1.17 bits per heavy atom. The van der Waals surface area contributed by atoms with Crippen LogP contribution in [-0.2, 0) is 9.59 Å². The molecule has 0 aliphatic carbocycles. The van der Waals surface area contributed by atoms with E-state index in [-0.39, 0.29) is 11.9 Å². The molecule has 0 saturated heterocycles. The number of hydrogen-bond donors (Lipinski definition) is 1. The first-order valence-corrected chi connectivity index (χ1v) is 6.55. The van der Waals surface area contributed by atoms with Gasteiger partial charge >= 0.3 is 5.97 Å². The zero-order chi connectivity index (χ0) is 14.3. The lowest BCUT2D eigenvalue weighted by Gasteiger charge is -2.36. The Labute approximate surface area is 110 Å². The second kappa shape index (κ2) is 8.08. The molecule has 1 N–H and O–H groups in total. The van der Waals surface area contributed by atoms with Gasteiger partial charge in [0.2, 0.25) is 5.91 Å². The maximum Gasteiger partial charge on any atom is 0.308 e. The van der Waals surface area contributed by atoms with Crippen molar-refractivity contribution in [3.8, 4) is 0 Å². The van der Waals surface area contributed by atoms with Gasteiger partial charge in [0, 0.05) is 20.5 Å². The number of nitrogens with zero attached hydrogens (tertiary/aromatic N) is 2. The first kappa shape index (κ1) is 16.9. The minimum atomic E-state index is -0.879. The Bertz CT molecular complexity index is 279. The predicted molar refractivity (Wildman–Crippen MR) is 70.9 cm³/mol. The van der Waals surface area contributed by atoms with Crippen LogP contribution in [0, 0.1) is 5.92 Å². The lowest BCUT2D eigenvalue weighted by Crippen LogP contribution is -2.51. The average molecular weight is 258 g/mol. The molecule has 0 spiro atoms. The van der Waals surface area contributed by atoms with E-state index in [1.165, 1.54) is 0 Å². The van der Waals surface area contributed by atoms with E-state index < -0.39 is 11.9 Å². The van der Waals surface area contributed by atoms with Gasteiger partial charge in [-0.1, -0.05) is 19.8 Å². The van der Waals surface area contributed by atoms with E-state index in [1.807, 2.05) is 0 Å². The summed E-state index contributed by atoms with van der Waals surface area (Å²) in [5.74, 6) is -1.47. The van der Waals surface area contributed by atoms with Crippen molar-refractivity contribution >= 4 is 11.9 Å². The van der Waals surface area contributed by atoms with Gasteiger partial charge in [0.15, 0.2) is 0 Å². The minimum Gasteiger partial charge on any atom is -0.481 e. The summed E-state index contributed by atoms with van der Waals surface area (Å²) < 4.78 is 0. The van der Waals surface area contributed by atoms with Crippen LogP contribution < -0.4 is 0 Å². The summed E-state index contributed by atoms with van der Waals surface area (Å²) in [4.78, 5) is 23.1. The van der Waals surface area contributed by atoms with E-state index in [0.29, 0.717) is 6.42 Å². The van der Waals surface area contributed by atoms with Gasteiger partial charge in [0.25, 0.3) is 0 Å². The normalized spacial score (nSPS) is 14.3. The van der Waals surface area contributed by atoms with E-state index in [2.05, 4.69) is 6.92 Å². The number of carboxylic acid groups (broad SMARTS) is 1. The summed E-state index contributed by atoms with van der Waals surface area (Å²) in [6.07, 6.45) is 3.42. The van der Waals surface area contributed by atoms with Crippen molar-refractivity contribution in [3.05, 3.63) is 0 Å². The lowest BCUT2D eigenvalue weighted by atomic mass is 10.0. The van der Waals surface area contributed by atoms with Crippen LogP contribution in [-0.4, -0.2) is 47.1 Å². The molecule has 0 aliphatic heterocycles. The fraction of sp³-hybridized carbons (Fsp3) is 0.846. The average Bonchev–Trinajstić information content (AvgIpc) is 2.27. The molecule has 106 valence electrons. The predicted octanol–water partition coefficient (Wildman–Crippen LogP) is 1.98.